The number of fused-ring (bicyclic) bond motifs is 2. The molecule has 0 saturated carbocycles. The SMILES string of the molecule is Cc1cc2[nH]c(-c3cc(C)c4ncnn4c3)c(C(C)C)c2nc1C1CCN(CC(=O)N(C)C)CC1. The zero-order valence-electron chi connectivity index (χ0n) is 21.6. The van der Waals surface area contributed by atoms with E-state index in [2.05, 4.69) is 59.8 Å². The molecule has 8 heteroatoms. The van der Waals surface area contributed by atoms with Crippen molar-refractivity contribution in [2.75, 3.05) is 33.7 Å². The number of carbonyl (C=O) groups excluding carboxylic acids is 1. The fourth-order valence-electron chi connectivity index (χ4n) is 5.38. The lowest BCUT2D eigenvalue weighted by molar-refractivity contribution is -0.130. The Morgan fingerprint density at radius 1 is 1.17 bits per heavy atom. The van der Waals surface area contributed by atoms with Gasteiger partial charge < -0.3 is 9.88 Å². The number of rotatable bonds is 5. The minimum atomic E-state index is 0.167. The van der Waals surface area contributed by atoms with Crippen LogP contribution in [0, 0.1) is 13.8 Å². The summed E-state index contributed by atoms with van der Waals surface area (Å²) in [6.45, 7) is 11.1. The molecule has 1 aliphatic rings. The van der Waals surface area contributed by atoms with Gasteiger partial charge in [0.25, 0.3) is 0 Å². The number of hydrogen-bond acceptors (Lipinski definition) is 5. The third kappa shape index (κ3) is 4.31. The molecular weight excluding hydrogens is 438 g/mol. The second kappa shape index (κ2) is 9.07. The summed E-state index contributed by atoms with van der Waals surface area (Å²) < 4.78 is 1.85. The van der Waals surface area contributed by atoms with Crippen molar-refractivity contribution >= 4 is 22.6 Å². The average Bonchev–Trinajstić information content (AvgIpc) is 3.43. The Balaban J connectivity index is 1.50. The van der Waals surface area contributed by atoms with Crippen LogP contribution in [-0.4, -0.2) is 74.0 Å². The molecule has 0 atom stereocenters. The van der Waals surface area contributed by atoms with Gasteiger partial charge in [0.15, 0.2) is 5.65 Å². The Labute approximate surface area is 206 Å². The summed E-state index contributed by atoms with van der Waals surface area (Å²) in [4.78, 5) is 29.4. The van der Waals surface area contributed by atoms with E-state index in [1.807, 2.05) is 24.8 Å². The first-order chi connectivity index (χ1) is 16.7. The van der Waals surface area contributed by atoms with Crippen molar-refractivity contribution in [1.29, 1.82) is 0 Å². The quantitative estimate of drug-likeness (QED) is 0.468. The number of hydrogen-bond donors (Lipinski definition) is 1. The standard InChI is InChI=1S/C27H35N7O/c1-16(2)23-25(20-11-18(4)27-28-15-29-34(27)13-20)30-21-12-17(3)24(31-26(21)23)19-7-9-33(10-8-19)14-22(35)32(5)6/h11-13,15-16,19,30H,7-10,14H2,1-6H3. The highest BCUT2D eigenvalue weighted by Crippen LogP contribution is 2.38. The van der Waals surface area contributed by atoms with Gasteiger partial charge in [-0.15, -0.1) is 0 Å². The number of aryl methyl sites for hydroxylation is 2. The molecule has 1 saturated heterocycles. The molecule has 0 bridgehead atoms. The van der Waals surface area contributed by atoms with Crippen LogP contribution in [0.5, 0.6) is 0 Å². The highest BCUT2D eigenvalue weighted by Gasteiger charge is 2.26. The van der Waals surface area contributed by atoms with Crippen molar-refractivity contribution in [2.45, 2.75) is 52.4 Å². The normalized spacial score (nSPS) is 15.5. The van der Waals surface area contributed by atoms with Gasteiger partial charge in [-0.2, -0.15) is 5.10 Å². The third-order valence-electron chi connectivity index (χ3n) is 7.29. The predicted molar refractivity (Wildman–Crippen MR) is 139 cm³/mol. The number of piperidine rings is 1. The maximum absolute atomic E-state index is 12.1. The summed E-state index contributed by atoms with van der Waals surface area (Å²) in [5.74, 6) is 0.893. The largest absolute Gasteiger partial charge is 0.353 e. The van der Waals surface area contributed by atoms with E-state index in [9.17, 15) is 4.79 Å². The average molecular weight is 474 g/mol. The molecule has 4 aromatic rings. The molecule has 35 heavy (non-hydrogen) atoms. The molecule has 1 fully saturated rings. The maximum atomic E-state index is 12.1. The number of aromatic nitrogens is 5. The maximum Gasteiger partial charge on any atom is 0.236 e. The zero-order valence-corrected chi connectivity index (χ0v) is 21.6. The van der Waals surface area contributed by atoms with E-state index in [1.54, 1.807) is 11.2 Å². The summed E-state index contributed by atoms with van der Waals surface area (Å²) in [5.41, 5.74) is 10.00. The fraction of sp³-hybridized carbons (Fsp3) is 0.481. The van der Waals surface area contributed by atoms with Crippen LogP contribution in [0.25, 0.3) is 27.9 Å². The van der Waals surface area contributed by atoms with Crippen LogP contribution in [0.1, 0.15) is 60.9 Å². The Bertz CT molecular complexity index is 1390. The lowest BCUT2D eigenvalue weighted by Gasteiger charge is -2.32. The van der Waals surface area contributed by atoms with Gasteiger partial charge in [-0.25, -0.2) is 9.50 Å². The predicted octanol–water partition coefficient (Wildman–Crippen LogP) is 4.28. The van der Waals surface area contributed by atoms with Crippen molar-refractivity contribution in [3.63, 3.8) is 0 Å². The molecule has 0 aliphatic carbocycles. The van der Waals surface area contributed by atoms with E-state index in [4.69, 9.17) is 4.98 Å². The van der Waals surface area contributed by atoms with Gasteiger partial charge in [0.1, 0.15) is 6.33 Å². The van der Waals surface area contributed by atoms with Crippen molar-refractivity contribution in [2.24, 2.45) is 0 Å². The first-order valence-electron chi connectivity index (χ1n) is 12.5. The van der Waals surface area contributed by atoms with Crippen LogP contribution in [0.15, 0.2) is 24.7 Å². The molecule has 0 radical (unpaired) electrons. The van der Waals surface area contributed by atoms with Crippen molar-refractivity contribution < 1.29 is 4.79 Å². The lowest BCUT2D eigenvalue weighted by atomic mass is 9.90. The van der Waals surface area contributed by atoms with Crippen molar-refractivity contribution in [1.82, 2.24) is 34.4 Å². The Morgan fingerprint density at radius 3 is 2.60 bits per heavy atom. The first-order valence-corrected chi connectivity index (χ1v) is 12.5. The number of aromatic amines is 1. The van der Waals surface area contributed by atoms with Gasteiger partial charge in [0.05, 0.1) is 23.3 Å². The molecule has 5 rings (SSSR count). The molecule has 0 spiro atoms. The number of pyridine rings is 2. The van der Waals surface area contributed by atoms with Crippen LogP contribution in [0.3, 0.4) is 0 Å². The number of likely N-dealkylation sites (N-methyl/N-ethyl adjacent to an activating group) is 1. The summed E-state index contributed by atoms with van der Waals surface area (Å²) >= 11 is 0. The fourth-order valence-corrected chi connectivity index (χ4v) is 5.38. The van der Waals surface area contributed by atoms with E-state index >= 15 is 0 Å². The number of amides is 1. The number of nitrogens with zero attached hydrogens (tertiary/aromatic N) is 6. The number of likely N-dealkylation sites (tertiary alicyclic amines) is 1. The smallest absolute Gasteiger partial charge is 0.236 e. The van der Waals surface area contributed by atoms with Crippen molar-refractivity contribution in [3.05, 3.63) is 47.0 Å². The van der Waals surface area contributed by atoms with Crippen LogP contribution < -0.4 is 0 Å². The van der Waals surface area contributed by atoms with E-state index in [1.165, 1.54) is 16.8 Å². The van der Waals surface area contributed by atoms with Gasteiger partial charge in [0.2, 0.25) is 5.91 Å². The number of H-pyrrole nitrogens is 1. The summed E-state index contributed by atoms with van der Waals surface area (Å²) in [7, 11) is 3.64. The minimum Gasteiger partial charge on any atom is -0.353 e. The van der Waals surface area contributed by atoms with Crippen LogP contribution in [-0.2, 0) is 4.79 Å². The molecule has 4 aromatic heterocycles. The van der Waals surface area contributed by atoms with E-state index in [0.29, 0.717) is 18.4 Å². The summed E-state index contributed by atoms with van der Waals surface area (Å²) in [6, 6.07) is 4.44. The van der Waals surface area contributed by atoms with Crippen LogP contribution in [0.4, 0.5) is 0 Å². The van der Waals surface area contributed by atoms with Crippen LogP contribution in [0.2, 0.25) is 0 Å². The monoisotopic (exact) mass is 473 g/mol. The van der Waals surface area contributed by atoms with E-state index in [-0.39, 0.29) is 5.91 Å². The van der Waals surface area contributed by atoms with Crippen molar-refractivity contribution in [3.8, 4) is 11.3 Å². The van der Waals surface area contributed by atoms with Gasteiger partial charge in [-0.05, 0) is 69.0 Å². The second-order valence-electron chi connectivity index (χ2n) is 10.4. The summed E-state index contributed by atoms with van der Waals surface area (Å²) in [5, 5.41) is 4.37. The number of carbonyl (C=O) groups is 1. The molecule has 1 aliphatic heterocycles. The molecule has 8 nitrogen and oxygen atoms in total. The van der Waals surface area contributed by atoms with Gasteiger partial charge in [-0.1, -0.05) is 13.8 Å². The molecule has 184 valence electrons. The van der Waals surface area contributed by atoms with Gasteiger partial charge >= 0.3 is 0 Å². The van der Waals surface area contributed by atoms with Gasteiger partial charge in [-0.3, -0.25) is 14.7 Å². The van der Waals surface area contributed by atoms with E-state index in [0.717, 1.165) is 59.4 Å². The number of nitrogens with one attached hydrogen (secondary N) is 1. The molecule has 5 heterocycles. The minimum absolute atomic E-state index is 0.167. The molecule has 0 aromatic carbocycles. The topological polar surface area (TPSA) is 82.4 Å². The van der Waals surface area contributed by atoms with E-state index < -0.39 is 0 Å². The molecule has 1 N–H and O–H groups in total. The summed E-state index contributed by atoms with van der Waals surface area (Å²) in [6.07, 6.45) is 5.69. The van der Waals surface area contributed by atoms with Gasteiger partial charge in [0, 0.05) is 43.0 Å². The zero-order chi connectivity index (χ0) is 24.9. The first kappa shape index (κ1) is 23.5. The second-order valence-corrected chi connectivity index (χ2v) is 10.4. The highest BCUT2D eigenvalue weighted by atomic mass is 16.2. The highest BCUT2D eigenvalue weighted by molar-refractivity contribution is 5.89. The Hall–Kier alpha value is -3.26. The Kier molecular flexibility index (Phi) is 6.09. The third-order valence-corrected chi connectivity index (χ3v) is 7.29. The molecular formula is C27H35N7O. The molecule has 1 amide bonds. The van der Waals surface area contributed by atoms with Crippen LogP contribution >= 0.6 is 0 Å². The molecule has 0 unspecified atom stereocenters. The Morgan fingerprint density at radius 2 is 1.91 bits per heavy atom. The lowest BCUT2D eigenvalue weighted by Crippen LogP contribution is -2.40.